The fourth-order valence-corrected chi connectivity index (χ4v) is 1.83. The summed E-state index contributed by atoms with van der Waals surface area (Å²) in [6.07, 6.45) is 0. The van der Waals surface area contributed by atoms with E-state index in [1.165, 1.54) is 7.11 Å². The summed E-state index contributed by atoms with van der Waals surface area (Å²) in [6.45, 7) is 0.344. The molecule has 0 saturated heterocycles. The van der Waals surface area contributed by atoms with E-state index in [1.807, 2.05) is 13.1 Å². The number of hydrogen-bond acceptors (Lipinski definition) is 5. The second-order valence-electron chi connectivity index (χ2n) is 3.86. The molecule has 0 aromatic heterocycles. The molecule has 0 aliphatic heterocycles. The molecule has 1 amide bonds. The number of benzene rings is 1. The number of carbonyl (C=O) groups excluding carboxylic acids is 1. The predicted molar refractivity (Wildman–Crippen MR) is 74.9 cm³/mol. The molecule has 1 aromatic rings. The average Bonchev–Trinajstić information content (AvgIpc) is 2.43. The van der Waals surface area contributed by atoms with Gasteiger partial charge in [0, 0.05) is 6.54 Å². The Morgan fingerprint density at radius 2 is 2.25 bits per heavy atom. The molecular formula is C13H16ClN3O3. The van der Waals surface area contributed by atoms with E-state index in [1.54, 1.807) is 12.1 Å². The molecule has 6 nitrogen and oxygen atoms in total. The first-order valence-corrected chi connectivity index (χ1v) is 6.27. The van der Waals surface area contributed by atoms with Crippen molar-refractivity contribution in [3.8, 4) is 17.6 Å². The van der Waals surface area contributed by atoms with E-state index in [-0.39, 0.29) is 13.2 Å². The molecular weight excluding hydrogens is 282 g/mol. The van der Waals surface area contributed by atoms with Crippen LogP contribution < -0.4 is 20.1 Å². The third-order valence-corrected chi connectivity index (χ3v) is 2.66. The van der Waals surface area contributed by atoms with Crippen LogP contribution in [0.2, 0.25) is 5.02 Å². The van der Waals surface area contributed by atoms with Crippen molar-refractivity contribution in [2.24, 2.45) is 0 Å². The fraction of sp³-hybridized carbons (Fsp3) is 0.385. The van der Waals surface area contributed by atoms with E-state index < -0.39 is 5.91 Å². The summed E-state index contributed by atoms with van der Waals surface area (Å²) >= 11 is 6.12. The van der Waals surface area contributed by atoms with E-state index in [0.29, 0.717) is 23.1 Å². The van der Waals surface area contributed by atoms with Gasteiger partial charge in [0.05, 0.1) is 18.2 Å². The van der Waals surface area contributed by atoms with Crippen LogP contribution in [-0.4, -0.2) is 33.2 Å². The Morgan fingerprint density at radius 1 is 1.50 bits per heavy atom. The minimum atomic E-state index is -0.399. The maximum Gasteiger partial charge on any atom is 0.258 e. The number of methoxy groups -OCH3 is 1. The van der Waals surface area contributed by atoms with Gasteiger partial charge in [0.15, 0.2) is 18.1 Å². The van der Waals surface area contributed by atoms with Crippen molar-refractivity contribution in [2.45, 2.75) is 6.54 Å². The normalized spacial score (nSPS) is 9.70. The average molecular weight is 298 g/mol. The number of nitrogens with one attached hydrogen (secondary N) is 2. The first-order chi connectivity index (χ1) is 9.62. The van der Waals surface area contributed by atoms with Crippen molar-refractivity contribution in [3.05, 3.63) is 22.7 Å². The van der Waals surface area contributed by atoms with Crippen LogP contribution in [0.1, 0.15) is 5.56 Å². The molecule has 0 spiro atoms. The summed E-state index contributed by atoms with van der Waals surface area (Å²) in [5, 5.41) is 14.1. The minimum Gasteiger partial charge on any atom is -0.493 e. The zero-order chi connectivity index (χ0) is 15.0. The fourth-order valence-electron chi connectivity index (χ4n) is 1.55. The number of halogens is 1. The van der Waals surface area contributed by atoms with Gasteiger partial charge in [-0.25, -0.2) is 0 Å². The highest BCUT2D eigenvalue weighted by Crippen LogP contribution is 2.36. The summed E-state index contributed by atoms with van der Waals surface area (Å²) < 4.78 is 10.6. The van der Waals surface area contributed by atoms with Crippen LogP contribution in [0.25, 0.3) is 0 Å². The highest BCUT2D eigenvalue weighted by atomic mass is 35.5. The summed E-state index contributed by atoms with van der Waals surface area (Å²) in [6, 6.07) is 5.33. The van der Waals surface area contributed by atoms with E-state index in [2.05, 4.69) is 10.6 Å². The minimum absolute atomic E-state index is 0.0613. The van der Waals surface area contributed by atoms with Crippen LogP contribution in [-0.2, 0) is 11.3 Å². The monoisotopic (exact) mass is 297 g/mol. The molecule has 2 N–H and O–H groups in total. The van der Waals surface area contributed by atoms with Crippen LogP contribution >= 0.6 is 11.6 Å². The van der Waals surface area contributed by atoms with Gasteiger partial charge in [-0.2, -0.15) is 5.26 Å². The molecule has 0 heterocycles. The van der Waals surface area contributed by atoms with Crippen LogP contribution in [0, 0.1) is 11.3 Å². The first kappa shape index (κ1) is 16.1. The van der Waals surface area contributed by atoms with E-state index in [4.69, 9.17) is 26.3 Å². The molecule has 1 rings (SSSR count). The Morgan fingerprint density at radius 3 is 2.85 bits per heavy atom. The summed E-state index contributed by atoms with van der Waals surface area (Å²) in [5.41, 5.74) is 0.940. The lowest BCUT2D eigenvalue weighted by Crippen LogP contribution is -2.29. The zero-order valence-electron chi connectivity index (χ0n) is 11.3. The molecule has 0 saturated carbocycles. The topological polar surface area (TPSA) is 83.4 Å². The molecule has 0 unspecified atom stereocenters. The van der Waals surface area contributed by atoms with Crippen molar-refractivity contribution in [2.75, 3.05) is 27.3 Å². The second-order valence-corrected chi connectivity index (χ2v) is 4.27. The highest BCUT2D eigenvalue weighted by Gasteiger charge is 2.13. The number of nitriles is 1. The largest absolute Gasteiger partial charge is 0.493 e. The van der Waals surface area contributed by atoms with Gasteiger partial charge in [0.2, 0.25) is 0 Å². The van der Waals surface area contributed by atoms with Crippen LogP contribution in [0.4, 0.5) is 0 Å². The molecule has 20 heavy (non-hydrogen) atoms. The van der Waals surface area contributed by atoms with Crippen LogP contribution in [0.3, 0.4) is 0 Å². The Hall–Kier alpha value is -1.97. The van der Waals surface area contributed by atoms with Gasteiger partial charge in [-0.05, 0) is 24.7 Å². The smallest absolute Gasteiger partial charge is 0.258 e. The van der Waals surface area contributed by atoms with Crippen molar-refractivity contribution in [1.29, 1.82) is 5.26 Å². The lowest BCUT2D eigenvalue weighted by molar-refractivity contribution is -0.122. The Kier molecular flexibility index (Phi) is 6.64. The maximum atomic E-state index is 11.4. The van der Waals surface area contributed by atoms with E-state index in [9.17, 15) is 4.79 Å². The molecule has 0 aliphatic carbocycles. The Balaban J connectivity index is 2.79. The molecule has 1 aromatic carbocycles. The summed E-state index contributed by atoms with van der Waals surface area (Å²) in [5.74, 6) is 0.362. The van der Waals surface area contributed by atoms with Gasteiger partial charge in [-0.3, -0.25) is 4.79 Å². The Labute approximate surface area is 122 Å². The standard InChI is InChI=1S/C13H16ClN3O3/c1-16-7-9-5-10(14)13(11(6-9)19-2)20-8-12(18)17-4-3-15/h5-6,16H,4,7-8H2,1-2H3,(H,17,18). The quantitative estimate of drug-likeness (QED) is 0.736. The number of ether oxygens (including phenoxy) is 2. The lowest BCUT2D eigenvalue weighted by atomic mass is 10.2. The number of carbonyl (C=O) groups is 1. The van der Waals surface area contributed by atoms with Gasteiger partial charge in [0.1, 0.15) is 6.54 Å². The SMILES string of the molecule is CNCc1cc(Cl)c(OCC(=O)NCC#N)c(OC)c1. The molecule has 0 aliphatic rings. The van der Waals surface area contributed by atoms with Crippen LogP contribution in [0.5, 0.6) is 11.5 Å². The molecule has 0 radical (unpaired) electrons. The van der Waals surface area contributed by atoms with E-state index >= 15 is 0 Å². The third kappa shape index (κ3) is 4.61. The summed E-state index contributed by atoms with van der Waals surface area (Å²) in [7, 11) is 3.32. The molecule has 7 heteroatoms. The van der Waals surface area contributed by atoms with Crippen LogP contribution in [0.15, 0.2) is 12.1 Å². The number of nitrogens with zero attached hydrogens (tertiary/aromatic N) is 1. The van der Waals surface area contributed by atoms with E-state index in [0.717, 1.165) is 5.56 Å². The van der Waals surface area contributed by atoms with Gasteiger partial charge >= 0.3 is 0 Å². The molecule has 0 atom stereocenters. The molecule has 108 valence electrons. The number of hydrogen-bond donors (Lipinski definition) is 2. The van der Waals surface area contributed by atoms with Crippen molar-refractivity contribution < 1.29 is 14.3 Å². The first-order valence-electron chi connectivity index (χ1n) is 5.89. The number of rotatable bonds is 7. The zero-order valence-corrected chi connectivity index (χ0v) is 12.1. The van der Waals surface area contributed by atoms with Crippen molar-refractivity contribution in [1.82, 2.24) is 10.6 Å². The third-order valence-electron chi connectivity index (χ3n) is 2.38. The van der Waals surface area contributed by atoms with Crippen molar-refractivity contribution in [3.63, 3.8) is 0 Å². The Bertz CT molecular complexity index is 514. The predicted octanol–water partition coefficient (Wildman–Crippen LogP) is 1.09. The number of amides is 1. The maximum absolute atomic E-state index is 11.4. The second kappa shape index (κ2) is 8.25. The van der Waals surface area contributed by atoms with Gasteiger partial charge in [-0.15, -0.1) is 0 Å². The molecule has 0 fully saturated rings. The van der Waals surface area contributed by atoms with Gasteiger partial charge in [-0.1, -0.05) is 11.6 Å². The highest BCUT2D eigenvalue weighted by molar-refractivity contribution is 6.32. The lowest BCUT2D eigenvalue weighted by Gasteiger charge is -2.13. The van der Waals surface area contributed by atoms with Crippen molar-refractivity contribution >= 4 is 17.5 Å². The summed E-state index contributed by atoms with van der Waals surface area (Å²) in [4.78, 5) is 11.4. The van der Waals surface area contributed by atoms with Gasteiger partial charge in [0.25, 0.3) is 5.91 Å². The molecule has 0 bridgehead atoms. The van der Waals surface area contributed by atoms with Gasteiger partial charge < -0.3 is 20.1 Å².